The second kappa shape index (κ2) is 4.42. The van der Waals surface area contributed by atoms with Crippen LogP contribution in [0, 0.1) is 6.92 Å². The maximum Gasteiger partial charge on any atom is 0.0519 e. The summed E-state index contributed by atoms with van der Waals surface area (Å²) in [4.78, 5) is 8.53. The van der Waals surface area contributed by atoms with Crippen molar-refractivity contribution in [2.24, 2.45) is 7.05 Å². The zero-order valence-electron chi connectivity index (χ0n) is 12.0. The van der Waals surface area contributed by atoms with Gasteiger partial charge in [0, 0.05) is 53.7 Å². The molecule has 0 bridgehead atoms. The van der Waals surface area contributed by atoms with Gasteiger partial charge in [0.05, 0.1) is 5.52 Å². The summed E-state index contributed by atoms with van der Waals surface area (Å²) in [6.07, 6.45) is 7.57. The lowest BCUT2D eigenvalue weighted by atomic mass is 10.0. The molecule has 4 aromatic rings. The average Bonchev–Trinajstić information content (AvgIpc) is 2.81. The fourth-order valence-electron chi connectivity index (χ4n) is 2.95. The van der Waals surface area contributed by atoms with Crippen LogP contribution in [0.4, 0.5) is 0 Å². The molecule has 0 aliphatic rings. The number of aromatic nitrogens is 3. The van der Waals surface area contributed by atoms with Crippen LogP contribution in [0.25, 0.3) is 32.9 Å². The van der Waals surface area contributed by atoms with Crippen LogP contribution < -0.4 is 0 Å². The summed E-state index contributed by atoms with van der Waals surface area (Å²) in [5.74, 6) is 0. The summed E-state index contributed by atoms with van der Waals surface area (Å²) in [6, 6.07) is 10.8. The number of pyridine rings is 2. The lowest BCUT2D eigenvalue weighted by Crippen LogP contribution is -1.87. The number of fused-ring (bicyclic) bond motifs is 3. The van der Waals surface area contributed by atoms with Gasteiger partial charge in [0.25, 0.3) is 0 Å². The van der Waals surface area contributed by atoms with E-state index in [1.807, 2.05) is 24.8 Å². The molecule has 0 fully saturated rings. The molecule has 0 radical (unpaired) electrons. The first-order valence-corrected chi connectivity index (χ1v) is 6.98. The van der Waals surface area contributed by atoms with E-state index < -0.39 is 0 Å². The molecule has 102 valence electrons. The molecule has 0 unspecified atom stereocenters. The molecule has 3 heterocycles. The summed E-state index contributed by atoms with van der Waals surface area (Å²) < 4.78 is 2.22. The Balaban J connectivity index is 2.02. The van der Waals surface area contributed by atoms with Gasteiger partial charge in [-0.15, -0.1) is 0 Å². The topological polar surface area (TPSA) is 30.7 Å². The number of hydrogen-bond donors (Lipinski definition) is 0. The molecule has 4 rings (SSSR count). The monoisotopic (exact) mass is 273 g/mol. The van der Waals surface area contributed by atoms with E-state index in [4.69, 9.17) is 0 Å². The third-order valence-electron chi connectivity index (χ3n) is 4.02. The summed E-state index contributed by atoms with van der Waals surface area (Å²) in [6.45, 7) is 2.07. The van der Waals surface area contributed by atoms with Crippen molar-refractivity contribution in [3.8, 4) is 11.1 Å². The quantitative estimate of drug-likeness (QED) is 0.523. The van der Waals surface area contributed by atoms with Crippen LogP contribution in [0.15, 0.2) is 55.1 Å². The zero-order valence-corrected chi connectivity index (χ0v) is 12.0. The molecule has 1 aromatic carbocycles. The van der Waals surface area contributed by atoms with Gasteiger partial charge in [0.1, 0.15) is 0 Å². The highest BCUT2D eigenvalue weighted by molar-refractivity contribution is 6.08. The highest BCUT2D eigenvalue weighted by Gasteiger charge is 2.09. The van der Waals surface area contributed by atoms with E-state index in [1.54, 1.807) is 0 Å². The first kappa shape index (κ1) is 12.1. The number of benzene rings is 1. The Morgan fingerprint density at radius 2 is 1.71 bits per heavy atom. The van der Waals surface area contributed by atoms with Crippen molar-refractivity contribution in [3.05, 3.63) is 60.7 Å². The predicted octanol–water partition coefficient (Wildman–Crippen LogP) is 4.10. The molecule has 0 saturated heterocycles. The van der Waals surface area contributed by atoms with E-state index in [2.05, 4.69) is 58.8 Å². The van der Waals surface area contributed by atoms with Gasteiger partial charge in [-0.2, -0.15) is 0 Å². The molecule has 3 nitrogen and oxygen atoms in total. The predicted molar refractivity (Wildman–Crippen MR) is 86.2 cm³/mol. The third-order valence-corrected chi connectivity index (χ3v) is 4.02. The fraction of sp³-hybridized carbons (Fsp3) is 0.111. The molecule has 0 atom stereocenters. The number of rotatable bonds is 1. The van der Waals surface area contributed by atoms with E-state index in [9.17, 15) is 0 Å². The Bertz CT molecular complexity index is 967. The lowest BCUT2D eigenvalue weighted by Gasteiger charge is -2.04. The van der Waals surface area contributed by atoms with Crippen LogP contribution >= 0.6 is 0 Å². The maximum absolute atomic E-state index is 4.29. The Labute approximate surface area is 122 Å². The van der Waals surface area contributed by atoms with Crippen molar-refractivity contribution in [1.82, 2.24) is 14.5 Å². The van der Waals surface area contributed by atoms with Gasteiger partial charge < -0.3 is 4.57 Å². The molecule has 3 aromatic heterocycles. The van der Waals surface area contributed by atoms with E-state index in [0.717, 1.165) is 5.56 Å². The van der Waals surface area contributed by atoms with Crippen LogP contribution in [-0.4, -0.2) is 14.5 Å². The average molecular weight is 273 g/mol. The van der Waals surface area contributed by atoms with Crippen LogP contribution in [0.5, 0.6) is 0 Å². The van der Waals surface area contributed by atoms with E-state index in [0.29, 0.717) is 0 Å². The minimum atomic E-state index is 1.15. The minimum absolute atomic E-state index is 1.15. The van der Waals surface area contributed by atoms with Crippen molar-refractivity contribution in [2.75, 3.05) is 0 Å². The molecule has 0 saturated carbocycles. The van der Waals surface area contributed by atoms with Gasteiger partial charge in [-0.05, 0) is 36.2 Å². The molecule has 21 heavy (non-hydrogen) atoms. The summed E-state index contributed by atoms with van der Waals surface area (Å²) in [7, 11) is 2.10. The standard InChI is InChI=1S/C18H15N3/c1-12-7-14(10-20-9-12)13-3-4-15-16-11-19-6-5-17(16)21(2)18(15)8-13/h3-11H,1-2H3. The van der Waals surface area contributed by atoms with Crippen LogP contribution in [0.1, 0.15) is 5.56 Å². The van der Waals surface area contributed by atoms with Gasteiger partial charge in [-0.1, -0.05) is 12.1 Å². The number of hydrogen-bond acceptors (Lipinski definition) is 2. The SMILES string of the molecule is Cc1cncc(-c2ccc3c4cnccc4n(C)c3c2)c1. The largest absolute Gasteiger partial charge is 0.343 e. The Kier molecular flexibility index (Phi) is 2.54. The molecule has 0 amide bonds. The smallest absolute Gasteiger partial charge is 0.0519 e. The van der Waals surface area contributed by atoms with E-state index in [1.165, 1.54) is 32.9 Å². The van der Waals surface area contributed by atoms with Crippen LogP contribution in [-0.2, 0) is 7.05 Å². The van der Waals surface area contributed by atoms with Gasteiger partial charge in [-0.3, -0.25) is 9.97 Å². The zero-order chi connectivity index (χ0) is 14.4. The molecular formula is C18H15N3. The van der Waals surface area contributed by atoms with Crippen LogP contribution in [0.2, 0.25) is 0 Å². The van der Waals surface area contributed by atoms with Crippen molar-refractivity contribution in [2.45, 2.75) is 6.92 Å². The maximum atomic E-state index is 4.29. The van der Waals surface area contributed by atoms with Gasteiger partial charge in [-0.25, -0.2) is 0 Å². The van der Waals surface area contributed by atoms with Crippen LogP contribution in [0.3, 0.4) is 0 Å². The molecule has 0 aliphatic carbocycles. The second-order valence-electron chi connectivity index (χ2n) is 5.43. The van der Waals surface area contributed by atoms with Gasteiger partial charge in [0.15, 0.2) is 0 Å². The minimum Gasteiger partial charge on any atom is -0.343 e. The van der Waals surface area contributed by atoms with Gasteiger partial charge in [0.2, 0.25) is 0 Å². The van der Waals surface area contributed by atoms with Crippen molar-refractivity contribution >= 4 is 21.8 Å². The first-order valence-electron chi connectivity index (χ1n) is 6.98. The summed E-state index contributed by atoms with van der Waals surface area (Å²) in [5, 5.41) is 2.44. The second-order valence-corrected chi connectivity index (χ2v) is 5.43. The number of nitrogens with zero attached hydrogens (tertiary/aromatic N) is 3. The third kappa shape index (κ3) is 1.82. The first-order chi connectivity index (χ1) is 10.2. The molecule has 3 heteroatoms. The summed E-state index contributed by atoms with van der Waals surface area (Å²) >= 11 is 0. The normalized spacial score (nSPS) is 11.3. The Hall–Kier alpha value is -2.68. The lowest BCUT2D eigenvalue weighted by molar-refractivity contribution is 1.01. The van der Waals surface area contributed by atoms with Crippen molar-refractivity contribution < 1.29 is 0 Å². The number of aryl methyl sites for hydroxylation is 2. The molecule has 0 spiro atoms. The molecular weight excluding hydrogens is 258 g/mol. The van der Waals surface area contributed by atoms with E-state index in [-0.39, 0.29) is 0 Å². The van der Waals surface area contributed by atoms with Crippen molar-refractivity contribution in [1.29, 1.82) is 0 Å². The van der Waals surface area contributed by atoms with Crippen molar-refractivity contribution in [3.63, 3.8) is 0 Å². The van der Waals surface area contributed by atoms with E-state index >= 15 is 0 Å². The highest BCUT2D eigenvalue weighted by atomic mass is 14.9. The Morgan fingerprint density at radius 1 is 0.810 bits per heavy atom. The molecule has 0 aliphatic heterocycles. The summed E-state index contributed by atoms with van der Waals surface area (Å²) in [5.41, 5.74) is 5.95. The Morgan fingerprint density at radius 3 is 2.57 bits per heavy atom. The van der Waals surface area contributed by atoms with Gasteiger partial charge >= 0.3 is 0 Å². The highest BCUT2D eigenvalue weighted by Crippen LogP contribution is 2.31. The molecule has 0 N–H and O–H groups in total. The fourth-order valence-corrected chi connectivity index (χ4v) is 2.95.